The smallest absolute Gasteiger partial charge is 0.407 e. The number of nitrogens with one attached hydrogen (secondary N) is 3. The summed E-state index contributed by atoms with van der Waals surface area (Å²) in [4.78, 5) is 92.3. The van der Waals surface area contributed by atoms with Crippen LogP contribution in [0, 0.1) is 0 Å². The molecule has 5 rings (SSSR count). The number of H-pyrrole nitrogens is 1. The molecule has 2 aliphatic rings. The first-order chi connectivity index (χ1) is 24.3. The van der Waals surface area contributed by atoms with Crippen LogP contribution in [0.15, 0.2) is 82.8 Å². The number of anilines is 1. The van der Waals surface area contributed by atoms with Crippen molar-refractivity contribution in [3.8, 4) is 11.3 Å². The standard InChI is InChI=1S/C34H35N7O9S/c1-17(35)30(45)40(18(2)42)23-11-8-19(9-12-23)24-13-10-21(28(43)38-24)14-37-34(49)50-15-22-16-51-32-26(31(46)41(32)27(22)33(47)48)39-29(44)25(36)20-6-4-3-5-7-20/h3-13,17,25-26,32H,14-16,35-36H2,1-2H3,(H,37,49)(H,38,43)(H,39,44)(H,47,48)/t17?,25?,26?,32-/m0/s1. The van der Waals surface area contributed by atoms with Crippen LogP contribution in [-0.2, 0) is 35.3 Å². The number of thioether (sulfide) groups is 1. The van der Waals surface area contributed by atoms with Crippen LogP contribution in [0.5, 0.6) is 0 Å². The monoisotopic (exact) mass is 717 g/mol. The van der Waals surface area contributed by atoms with Gasteiger partial charge in [-0.25, -0.2) is 14.5 Å². The predicted octanol–water partition coefficient (Wildman–Crippen LogP) is 0.933. The summed E-state index contributed by atoms with van der Waals surface area (Å²) in [5.74, 6) is -3.55. The molecule has 0 aliphatic carbocycles. The molecule has 0 saturated carbocycles. The molecule has 2 aliphatic heterocycles. The maximum Gasteiger partial charge on any atom is 0.407 e. The van der Waals surface area contributed by atoms with Crippen molar-refractivity contribution in [2.24, 2.45) is 11.5 Å². The van der Waals surface area contributed by atoms with Gasteiger partial charge in [0.15, 0.2) is 0 Å². The molecule has 4 atom stereocenters. The van der Waals surface area contributed by atoms with E-state index in [1.54, 1.807) is 60.7 Å². The van der Waals surface area contributed by atoms with E-state index in [1.165, 1.54) is 31.7 Å². The van der Waals surface area contributed by atoms with Gasteiger partial charge in [-0.15, -0.1) is 11.8 Å². The molecule has 16 nitrogen and oxygen atoms in total. The molecule has 1 saturated heterocycles. The second-order valence-electron chi connectivity index (χ2n) is 11.7. The van der Waals surface area contributed by atoms with E-state index >= 15 is 0 Å². The molecular weight excluding hydrogens is 682 g/mol. The summed E-state index contributed by atoms with van der Waals surface area (Å²) in [5, 5.41) is 14.3. The van der Waals surface area contributed by atoms with Gasteiger partial charge < -0.3 is 36.9 Å². The van der Waals surface area contributed by atoms with Gasteiger partial charge in [-0.2, -0.15) is 0 Å². The first-order valence-electron chi connectivity index (χ1n) is 15.6. The lowest BCUT2D eigenvalue weighted by Gasteiger charge is -2.49. The van der Waals surface area contributed by atoms with Crippen LogP contribution in [0.4, 0.5) is 10.5 Å². The highest BCUT2D eigenvalue weighted by molar-refractivity contribution is 8.00. The number of aromatic nitrogens is 1. The first-order valence-corrected chi connectivity index (χ1v) is 16.7. The fourth-order valence-electron chi connectivity index (χ4n) is 5.49. The molecule has 8 N–H and O–H groups in total. The highest BCUT2D eigenvalue weighted by Crippen LogP contribution is 2.40. The zero-order valence-electron chi connectivity index (χ0n) is 27.5. The van der Waals surface area contributed by atoms with Crippen molar-refractivity contribution in [3.05, 3.63) is 99.5 Å². The van der Waals surface area contributed by atoms with Crippen molar-refractivity contribution in [2.45, 2.75) is 43.9 Å². The van der Waals surface area contributed by atoms with Crippen LogP contribution in [0.1, 0.15) is 31.0 Å². The number of pyridine rings is 1. The summed E-state index contributed by atoms with van der Waals surface area (Å²) in [6, 6.07) is 15.2. The number of aromatic amines is 1. The molecule has 5 amide bonds. The average molecular weight is 718 g/mol. The molecule has 0 radical (unpaired) electrons. The van der Waals surface area contributed by atoms with Crippen LogP contribution in [0.2, 0.25) is 0 Å². The summed E-state index contributed by atoms with van der Waals surface area (Å²) in [5.41, 5.74) is 13.2. The van der Waals surface area contributed by atoms with Gasteiger partial charge in [-0.05, 0) is 42.3 Å². The van der Waals surface area contributed by atoms with E-state index in [2.05, 4.69) is 15.6 Å². The SMILES string of the molecule is CC(=O)N(C(=O)C(C)N)c1ccc(-c2ccc(CNC(=O)OCC3=C(C(=O)O)N4C(=O)C(NC(=O)C(N)c5ccccc5)[C@@H]4SC3)c(=O)[nH]2)cc1. The minimum absolute atomic E-state index is 0.109. The van der Waals surface area contributed by atoms with E-state index in [4.69, 9.17) is 16.2 Å². The minimum Gasteiger partial charge on any atom is -0.477 e. The van der Waals surface area contributed by atoms with Gasteiger partial charge in [0.25, 0.3) is 11.5 Å². The van der Waals surface area contributed by atoms with Crippen LogP contribution in [0.3, 0.4) is 0 Å². The normalized spacial score (nSPS) is 17.7. The molecule has 51 heavy (non-hydrogen) atoms. The Bertz CT molecular complexity index is 1960. The van der Waals surface area contributed by atoms with Crippen molar-refractivity contribution in [3.63, 3.8) is 0 Å². The minimum atomic E-state index is -1.39. The van der Waals surface area contributed by atoms with Crippen LogP contribution in [0.25, 0.3) is 11.3 Å². The predicted molar refractivity (Wildman–Crippen MR) is 186 cm³/mol. The van der Waals surface area contributed by atoms with Crippen molar-refractivity contribution < 1.29 is 38.6 Å². The Kier molecular flexibility index (Phi) is 11.0. The van der Waals surface area contributed by atoms with Gasteiger partial charge >= 0.3 is 12.1 Å². The number of carbonyl (C=O) groups excluding carboxylic acids is 5. The molecular formula is C34H35N7O9S. The first kappa shape index (κ1) is 36.5. The van der Waals surface area contributed by atoms with Crippen molar-refractivity contribution in [1.29, 1.82) is 0 Å². The number of nitrogens with zero attached hydrogens (tertiary/aromatic N) is 2. The number of hydrogen-bond donors (Lipinski definition) is 6. The van der Waals surface area contributed by atoms with Crippen molar-refractivity contribution in [1.82, 2.24) is 20.5 Å². The van der Waals surface area contributed by atoms with Gasteiger partial charge in [-0.1, -0.05) is 42.5 Å². The Balaban J connectivity index is 1.16. The number of amides is 5. The molecule has 2 aromatic carbocycles. The molecule has 3 unspecified atom stereocenters. The lowest BCUT2D eigenvalue weighted by atomic mass is 10.0. The van der Waals surface area contributed by atoms with E-state index < -0.39 is 71.4 Å². The topological polar surface area (TPSA) is 247 Å². The lowest BCUT2D eigenvalue weighted by molar-refractivity contribution is -0.151. The molecule has 3 heterocycles. The zero-order valence-corrected chi connectivity index (χ0v) is 28.3. The third kappa shape index (κ3) is 7.85. The van der Waals surface area contributed by atoms with E-state index in [0.29, 0.717) is 22.5 Å². The average Bonchev–Trinajstić information content (AvgIpc) is 3.11. The molecule has 1 aromatic heterocycles. The number of hydrogen-bond acceptors (Lipinski definition) is 11. The highest BCUT2D eigenvalue weighted by Gasteiger charge is 2.54. The number of imide groups is 1. The second-order valence-corrected chi connectivity index (χ2v) is 12.8. The Morgan fingerprint density at radius 2 is 1.73 bits per heavy atom. The van der Waals surface area contributed by atoms with Crippen molar-refractivity contribution >= 4 is 53.1 Å². The Hall–Kier alpha value is -5.78. The third-order valence-corrected chi connectivity index (χ3v) is 9.48. The number of nitrogens with two attached hydrogens (primary N) is 2. The Morgan fingerprint density at radius 3 is 2.33 bits per heavy atom. The number of carbonyl (C=O) groups is 6. The lowest BCUT2D eigenvalue weighted by Crippen LogP contribution is -2.71. The maximum absolute atomic E-state index is 13.0. The summed E-state index contributed by atoms with van der Waals surface area (Å²) < 4.78 is 5.23. The second kappa shape index (κ2) is 15.4. The molecule has 3 aromatic rings. The Labute approximate surface area is 295 Å². The third-order valence-electron chi connectivity index (χ3n) is 8.14. The van der Waals surface area contributed by atoms with E-state index in [9.17, 15) is 38.7 Å². The van der Waals surface area contributed by atoms with E-state index in [-0.39, 0.29) is 29.1 Å². The number of β-lactam (4-membered cyclic amide) rings is 1. The quantitative estimate of drug-likeness (QED) is 0.152. The molecule has 0 bridgehead atoms. The number of alkyl carbamates (subject to hydrolysis) is 1. The fourth-order valence-corrected chi connectivity index (χ4v) is 6.82. The number of carboxylic acids is 1. The summed E-state index contributed by atoms with van der Waals surface area (Å²) in [6.45, 7) is 2.08. The van der Waals surface area contributed by atoms with Crippen LogP contribution >= 0.6 is 11.8 Å². The van der Waals surface area contributed by atoms with Crippen LogP contribution < -0.4 is 32.6 Å². The molecule has 0 spiro atoms. The van der Waals surface area contributed by atoms with Gasteiger partial charge in [0.1, 0.15) is 29.8 Å². The summed E-state index contributed by atoms with van der Waals surface area (Å²) in [6.07, 6.45) is -0.926. The van der Waals surface area contributed by atoms with Gasteiger partial charge in [0.2, 0.25) is 17.7 Å². The molecule has 1 fully saturated rings. The van der Waals surface area contributed by atoms with E-state index in [1.807, 2.05) is 0 Å². The molecule has 266 valence electrons. The fraction of sp³-hybridized carbons (Fsp3) is 0.265. The van der Waals surface area contributed by atoms with Crippen LogP contribution in [-0.4, -0.2) is 80.5 Å². The number of fused-ring (bicyclic) bond motifs is 1. The van der Waals surface area contributed by atoms with Gasteiger partial charge in [0, 0.05) is 29.5 Å². The van der Waals surface area contributed by atoms with Crippen molar-refractivity contribution in [2.75, 3.05) is 17.3 Å². The number of ether oxygens (including phenoxy) is 1. The maximum atomic E-state index is 13.0. The number of aliphatic carboxylic acids is 1. The number of carboxylic acid groups (broad SMARTS) is 1. The Morgan fingerprint density at radius 1 is 1.04 bits per heavy atom. The molecule has 17 heteroatoms. The van der Waals surface area contributed by atoms with Gasteiger partial charge in [-0.3, -0.25) is 28.9 Å². The summed E-state index contributed by atoms with van der Waals surface area (Å²) in [7, 11) is 0. The largest absolute Gasteiger partial charge is 0.477 e. The number of benzene rings is 2. The van der Waals surface area contributed by atoms with E-state index in [0.717, 1.165) is 9.80 Å². The number of rotatable bonds is 11. The zero-order chi connectivity index (χ0) is 37.0. The summed E-state index contributed by atoms with van der Waals surface area (Å²) >= 11 is 1.21. The van der Waals surface area contributed by atoms with Gasteiger partial charge in [0.05, 0.1) is 18.3 Å². The highest BCUT2D eigenvalue weighted by atomic mass is 32.2.